The monoisotopic (exact) mass is 343 g/mol. The van der Waals surface area contributed by atoms with Crippen LogP contribution in [0.3, 0.4) is 0 Å². The first-order chi connectivity index (χ1) is 7.74. The van der Waals surface area contributed by atoms with Crippen molar-refractivity contribution < 1.29 is 38.1 Å². The maximum atomic E-state index is 11.8. The number of aromatic nitrogens is 1. The molecule has 0 unspecified atom stereocenters. The topological polar surface area (TPSA) is 30.2 Å². The zero-order valence-electron chi connectivity index (χ0n) is 9.81. The van der Waals surface area contributed by atoms with Crippen molar-refractivity contribution in [3.63, 3.8) is 0 Å². The minimum absolute atomic E-state index is 0. The van der Waals surface area contributed by atoms with E-state index < -0.39 is 0 Å². The number of carbonyl (C=O) groups is 1. The van der Waals surface area contributed by atoms with Gasteiger partial charge in [0, 0.05) is 11.5 Å². The Labute approximate surface area is 117 Å². The zero-order valence-corrected chi connectivity index (χ0v) is 12.0. The number of hydrogen-bond acceptors (Lipinski definition) is 2. The van der Waals surface area contributed by atoms with Gasteiger partial charge in [0.05, 0.1) is 6.61 Å². The molecule has 0 fully saturated rings. The Morgan fingerprint density at radius 1 is 1.29 bits per heavy atom. The minimum atomic E-state index is -0.269. The van der Waals surface area contributed by atoms with Crippen LogP contribution in [-0.2, 0) is 11.8 Å². The Kier molecular flexibility index (Phi) is 4.86. The molecule has 0 amide bonds. The molecule has 2 aromatic rings. The highest BCUT2D eigenvalue weighted by atomic mass is 127. The standard InChI is InChI=1S/C13H14NO2.HI/c1-3-16-13(15)11-8-4-6-10-7-5-9-14(2)12(10)11;/h4-9H,3H2,1-2H3;1H/q+1;/p-1. The van der Waals surface area contributed by atoms with Gasteiger partial charge >= 0.3 is 5.97 Å². The first kappa shape index (κ1) is 13.9. The Morgan fingerprint density at radius 3 is 2.71 bits per heavy atom. The quantitative estimate of drug-likeness (QED) is 0.392. The number of pyridine rings is 1. The van der Waals surface area contributed by atoms with Gasteiger partial charge in [-0.25, -0.2) is 9.36 Å². The molecule has 0 aliphatic rings. The molecule has 1 aromatic carbocycles. The molecule has 0 spiro atoms. The van der Waals surface area contributed by atoms with Gasteiger partial charge in [-0.1, -0.05) is 6.07 Å². The Balaban J connectivity index is 0.00000144. The van der Waals surface area contributed by atoms with Crippen LogP contribution in [0.5, 0.6) is 0 Å². The molecule has 0 radical (unpaired) electrons. The Bertz CT molecular complexity index is 535. The van der Waals surface area contributed by atoms with Crippen molar-refractivity contribution in [3.8, 4) is 0 Å². The molecule has 90 valence electrons. The van der Waals surface area contributed by atoms with Crippen molar-refractivity contribution in [2.45, 2.75) is 6.92 Å². The summed E-state index contributed by atoms with van der Waals surface area (Å²) in [5, 5.41) is 1.04. The van der Waals surface area contributed by atoms with Crippen molar-refractivity contribution in [2.24, 2.45) is 7.05 Å². The highest BCUT2D eigenvalue weighted by Crippen LogP contribution is 2.15. The average molecular weight is 343 g/mol. The molecule has 4 heteroatoms. The van der Waals surface area contributed by atoms with Gasteiger partial charge in [0.15, 0.2) is 6.20 Å². The largest absolute Gasteiger partial charge is 1.00 e. The molecule has 0 saturated carbocycles. The first-order valence-corrected chi connectivity index (χ1v) is 5.28. The second-order valence-electron chi connectivity index (χ2n) is 3.58. The molecule has 1 heterocycles. The first-order valence-electron chi connectivity index (χ1n) is 5.28. The number of benzene rings is 1. The predicted molar refractivity (Wildman–Crippen MR) is 61.1 cm³/mol. The molecule has 2 rings (SSSR count). The van der Waals surface area contributed by atoms with Crippen molar-refractivity contribution in [3.05, 3.63) is 42.1 Å². The number of rotatable bonds is 2. The third kappa shape index (κ3) is 2.74. The lowest BCUT2D eigenvalue weighted by Gasteiger charge is -2.03. The molecular formula is C13H14INO2. The summed E-state index contributed by atoms with van der Waals surface area (Å²) >= 11 is 0. The number of ether oxygens (including phenoxy) is 1. The molecule has 0 atom stereocenters. The molecule has 0 aliphatic carbocycles. The minimum Gasteiger partial charge on any atom is -1.00 e. The van der Waals surface area contributed by atoms with E-state index in [1.54, 1.807) is 6.07 Å². The zero-order chi connectivity index (χ0) is 11.5. The van der Waals surface area contributed by atoms with Crippen LogP contribution in [0.15, 0.2) is 36.5 Å². The SMILES string of the molecule is CCOC(=O)c1cccc2ccc[n+](C)c12.[I-]. The van der Waals surface area contributed by atoms with Gasteiger partial charge in [0.1, 0.15) is 12.6 Å². The van der Waals surface area contributed by atoms with Gasteiger partial charge in [-0.05, 0) is 25.1 Å². The molecule has 0 bridgehead atoms. The van der Waals surface area contributed by atoms with Crippen LogP contribution < -0.4 is 28.5 Å². The number of aryl methyl sites for hydroxylation is 1. The van der Waals surface area contributed by atoms with E-state index in [9.17, 15) is 4.79 Å². The van der Waals surface area contributed by atoms with E-state index in [0.29, 0.717) is 12.2 Å². The summed E-state index contributed by atoms with van der Waals surface area (Å²) < 4.78 is 6.97. The van der Waals surface area contributed by atoms with Gasteiger partial charge < -0.3 is 28.7 Å². The smallest absolute Gasteiger partial charge is 0.344 e. The summed E-state index contributed by atoms with van der Waals surface area (Å²) in [5.41, 5.74) is 1.52. The fraction of sp³-hybridized carbons (Fsp3) is 0.231. The van der Waals surface area contributed by atoms with E-state index >= 15 is 0 Å². The van der Waals surface area contributed by atoms with Gasteiger partial charge in [-0.15, -0.1) is 0 Å². The summed E-state index contributed by atoms with van der Waals surface area (Å²) in [4.78, 5) is 11.8. The van der Waals surface area contributed by atoms with Crippen LogP contribution in [0.1, 0.15) is 17.3 Å². The summed E-state index contributed by atoms with van der Waals surface area (Å²) in [6, 6.07) is 9.59. The third-order valence-electron chi connectivity index (χ3n) is 2.50. The number of carbonyl (C=O) groups excluding carboxylic acids is 1. The number of nitrogens with zero attached hydrogens (tertiary/aromatic N) is 1. The van der Waals surface area contributed by atoms with E-state index in [0.717, 1.165) is 10.9 Å². The number of halogens is 1. The normalized spacial score (nSPS) is 9.76. The third-order valence-corrected chi connectivity index (χ3v) is 2.50. The van der Waals surface area contributed by atoms with Crippen LogP contribution in [0.4, 0.5) is 0 Å². The highest BCUT2D eigenvalue weighted by Gasteiger charge is 2.17. The molecule has 1 aromatic heterocycles. The van der Waals surface area contributed by atoms with Crippen LogP contribution in [0.2, 0.25) is 0 Å². The van der Waals surface area contributed by atoms with Crippen molar-refractivity contribution in [1.29, 1.82) is 0 Å². The second kappa shape index (κ2) is 5.95. The lowest BCUT2D eigenvalue weighted by Crippen LogP contribution is -3.00. The van der Waals surface area contributed by atoms with E-state index in [1.807, 2.05) is 49.0 Å². The molecule has 0 saturated heterocycles. The van der Waals surface area contributed by atoms with Crippen LogP contribution in [0.25, 0.3) is 10.9 Å². The molecule has 17 heavy (non-hydrogen) atoms. The maximum absolute atomic E-state index is 11.8. The van der Waals surface area contributed by atoms with Crippen molar-refractivity contribution in [2.75, 3.05) is 6.61 Å². The number of hydrogen-bond donors (Lipinski definition) is 0. The number of fused-ring (bicyclic) bond motifs is 1. The van der Waals surface area contributed by atoms with E-state index in [-0.39, 0.29) is 29.9 Å². The lowest BCUT2D eigenvalue weighted by atomic mass is 10.1. The van der Waals surface area contributed by atoms with E-state index in [1.165, 1.54) is 0 Å². The Hall–Kier alpha value is -1.17. The fourth-order valence-electron chi connectivity index (χ4n) is 1.81. The van der Waals surface area contributed by atoms with Crippen molar-refractivity contribution in [1.82, 2.24) is 0 Å². The predicted octanol–water partition coefficient (Wildman–Crippen LogP) is -1.15. The van der Waals surface area contributed by atoms with Crippen LogP contribution >= 0.6 is 0 Å². The number of esters is 1. The van der Waals surface area contributed by atoms with Gasteiger partial charge in [0.25, 0.3) is 0 Å². The van der Waals surface area contributed by atoms with Crippen LogP contribution in [-0.4, -0.2) is 12.6 Å². The summed E-state index contributed by atoms with van der Waals surface area (Å²) in [7, 11) is 1.92. The summed E-state index contributed by atoms with van der Waals surface area (Å²) in [6.07, 6.45) is 1.92. The van der Waals surface area contributed by atoms with Gasteiger partial charge in [-0.3, -0.25) is 0 Å². The van der Waals surface area contributed by atoms with Crippen molar-refractivity contribution >= 4 is 16.9 Å². The molecule has 0 N–H and O–H groups in total. The number of para-hydroxylation sites is 1. The maximum Gasteiger partial charge on any atom is 0.344 e. The average Bonchev–Trinajstić information content (AvgIpc) is 2.29. The van der Waals surface area contributed by atoms with E-state index in [4.69, 9.17) is 4.74 Å². The molecule has 0 aliphatic heterocycles. The molecule has 3 nitrogen and oxygen atoms in total. The second-order valence-corrected chi connectivity index (χ2v) is 3.58. The summed E-state index contributed by atoms with van der Waals surface area (Å²) in [5.74, 6) is -0.269. The fourth-order valence-corrected chi connectivity index (χ4v) is 1.81. The highest BCUT2D eigenvalue weighted by molar-refractivity contribution is 6.01. The van der Waals surface area contributed by atoms with Gasteiger partial charge in [-0.2, -0.15) is 0 Å². The van der Waals surface area contributed by atoms with E-state index in [2.05, 4.69) is 0 Å². The summed E-state index contributed by atoms with van der Waals surface area (Å²) in [6.45, 7) is 2.20. The lowest BCUT2D eigenvalue weighted by molar-refractivity contribution is -0.645. The molecular weight excluding hydrogens is 329 g/mol. The Morgan fingerprint density at radius 2 is 2.00 bits per heavy atom. The van der Waals surface area contributed by atoms with Crippen LogP contribution in [0, 0.1) is 0 Å². The van der Waals surface area contributed by atoms with Gasteiger partial charge in [0.2, 0.25) is 5.52 Å².